The number of hydrogen-bond donors (Lipinski definition) is 1. The molecule has 1 aromatic carbocycles. The van der Waals surface area contributed by atoms with Gasteiger partial charge in [0.15, 0.2) is 0 Å². The van der Waals surface area contributed by atoms with Crippen LogP contribution in [-0.4, -0.2) is 31.6 Å². The molecule has 0 aliphatic heterocycles. The molecule has 18 heavy (non-hydrogen) atoms. The molecule has 0 spiro atoms. The van der Waals surface area contributed by atoms with Crippen LogP contribution in [0.1, 0.15) is 18.9 Å². The molecular formula is C15H23FN2. The van der Waals surface area contributed by atoms with E-state index in [2.05, 4.69) is 23.7 Å². The molecule has 0 atom stereocenters. The molecule has 0 radical (unpaired) electrons. The van der Waals surface area contributed by atoms with Crippen molar-refractivity contribution in [1.29, 1.82) is 0 Å². The van der Waals surface area contributed by atoms with Gasteiger partial charge in [0.25, 0.3) is 0 Å². The average Bonchev–Trinajstić information content (AvgIpc) is 2.32. The molecule has 0 saturated carbocycles. The Morgan fingerprint density at radius 3 is 2.61 bits per heavy atom. The van der Waals surface area contributed by atoms with Gasteiger partial charge >= 0.3 is 0 Å². The van der Waals surface area contributed by atoms with Crippen molar-refractivity contribution in [3.8, 4) is 0 Å². The maximum absolute atomic E-state index is 12.8. The van der Waals surface area contributed by atoms with Crippen molar-refractivity contribution in [1.82, 2.24) is 10.2 Å². The van der Waals surface area contributed by atoms with E-state index in [1.807, 2.05) is 19.2 Å². The minimum atomic E-state index is -0.186. The van der Waals surface area contributed by atoms with E-state index in [9.17, 15) is 4.39 Å². The summed E-state index contributed by atoms with van der Waals surface area (Å²) in [6.07, 6.45) is 1.14. The van der Waals surface area contributed by atoms with Gasteiger partial charge in [-0.25, -0.2) is 4.39 Å². The third-order valence-electron chi connectivity index (χ3n) is 2.66. The Morgan fingerprint density at radius 1 is 1.33 bits per heavy atom. The minimum absolute atomic E-state index is 0.186. The first-order valence-electron chi connectivity index (χ1n) is 6.42. The van der Waals surface area contributed by atoms with Gasteiger partial charge in [-0.2, -0.15) is 0 Å². The second-order valence-electron chi connectivity index (χ2n) is 4.73. The summed E-state index contributed by atoms with van der Waals surface area (Å²) in [5, 5.41) is 3.34. The van der Waals surface area contributed by atoms with Crippen molar-refractivity contribution < 1.29 is 4.39 Å². The van der Waals surface area contributed by atoms with Crippen LogP contribution in [0.15, 0.2) is 36.4 Å². The lowest BCUT2D eigenvalue weighted by atomic mass is 10.2. The van der Waals surface area contributed by atoms with Crippen molar-refractivity contribution in [2.75, 3.05) is 26.7 Å². The number of benzene rings is 1. The summed E-state index contributed by atoms with van der Waals surface area (Å²) in [6, 6.07) is 6.65. The van der Waals surface area contributed by atoms with E-state index in [1.54, 1.807) is 0 Å². The van der Waals surface area contributed by atoms with Crippen molar-refractivity contribution >= 4 is 0 Å². The Kier molecular flexibility index (Phi) is 6.61. The standard InChI is InChI=1S/C15H23FN2/c1-4-9-17-10-13(2)11-18(3)12-14-5-7-15(16)8-6-14/h5-8,17H,2,4,9-12H2,1,3H3. The molecule has 0 amide bonds. The summed E-state index contributed by atoms with van der Waals surface area (Å²) in [6.45, 7) is 9.77. The van der Waals surface area contributed by atoms with Gasteiger partial charge in [-0.05, 0) is 43.3 Å². The SMILES string of the molecule is C=C(CNCCC)CN(C)Cc1ccc(F)cc1. The summed E-state index contributed by atoms with van der Waals surface area (Å²) in [5.41, 5.74) is 2.29. The normalized spacial score (nSPS) is 10.9. The van der Waals surface area contributed by atoms with Crippen LogP contribution >= 0.6 is 0 Å². The third kappa shape index (κ3) is 5.94. The summed E-state index contributed by atoms with van der Waals surface area (Å²) in [7, 11) is 2.05. The molecule has 0 aromatic heterocycles. The Balaban J connectivity index is 2.30. The van der Waals surface area contributed by atoms with E-state index in [0.29, 0.717) is 0 Å². The Bertz CT molecular complexity index is 359. The fourth-order valence-electron chi connectivity index (χ4n) is 1.84. The van der Waals surface area contributed by atoms with E-state index in [4.69, 9.17) is 0 Å². The quantitative estimate of drug-likeness (QED) is 0.564. The Hall–Kier alpha value is -1.19. The molecule has 0 aliphatic carbocycles. The van der Waals surface area contributed by atoms with Crippen LogP contribution in [-0.2, 0) is 6.54 Å². The van der Waals surface area contributed by atoms with Crippen LogP contribution in [0.3, 0.4) is 0 Å². The molecule has 2 nitrogen and oxygen atoms in total. The molecule has 3 heteroatoms. The van der Waals surface area contributed by atoms with Crippen LogP contribution in [0.5, 0.6) is 0 Å². The van der Waals surface area contributed by atoms with Gasteiger partial charge in [0.2, 0.25) is 0 Å². The average molecular weight is 250 g/mol. The fraction of sp³-hybridized carbons (Fsp3) is 0.467. The second-order valence-corrected chi connectivity index (χ2v) is 4.73. The maximum atomic E-state index is 12.8. The van der Waals surface area contributed by atoms with Crippen LogP contribution in [0.25, 0.3) is 0 Å². The highest BCUT2D eigenvalue weighted by atomic mass is 19.1. The second kappa shape index (κ2) is 8.01. The van der Waals surface area contributed by atoms with E-state index in [1.165, 1.54) is 17.7 Å². The largest absolute Gasteiger partial charge is 0.313 e. The lowest BCUT2D eigenvalue weighted by molar-refractivity contribution is 0.352. The predicted octanol–water partition coefficient (Wildman–Crippen LogP) is 2.81. The molecule has 1 N–H and O–H groups in total. The number of hydrogen-bond acceptors (Lipinski definition) is 2. The number of rotatable bonds is 8. The summed E-state index contributed by atoms with van der Waals surface area (Å²) in [4.78, 5) is 2.18. The molecular weight excluding hydrogens is 227 g/mol. The summed E-state index contributed by atoms with van der Waals surface area (Å²) < 4.78 is 12.8. The van der Waals surface area contributed by atoms with E-state index < -0.39 is 0 Å². The van der Waals surface area contributed by atoms with Crippen LogP contribution in [0.4, 0.5) is 4.39 Å². The van der Waals surface area contributed by atoms with Gasteiger partial charge in [0, 0.05) is 19.6 Å². The molecule has 0 fully saturated rings. The monoisotopic (exact) mass is 250 g/mol. The highest BCUT2D eigenvalue weighted by molar-refractivity contribution is 5.16. The summed E-state index contributed by atoms with van der Waals surface area (Å²) in [5.74, 6) is -0.186. The maximum Gasteiger partial charge on any atom is 0.123 e. The Morgan fingerprint density at radius 2 is 2.00 bits per heavy atom. The zero-order valence-corrected chi connectivity index (χ0v) is 11.4. The molecule has 0 bridgehead atoms. The lowest BCUT2D eigenvalue weighted by Crippen LogP contribution is -2.26. The first-order valence-corrected chi connectivity index (χ1v) is 6.42. The molecule has 0 aliphatic rings. The number of nitrogens with one attached hydrogen (secondary N) is 1. The number of halogens is 1. The summed E-state index contributed by atoms with van der Waals surface area (Å²) >= 11 is 0. The molecule has 0 saturated heterocycles. The minimum Gasteiger partial charge on any atom is -0.313 e. The van der Waals surface area contributed by atoms with Crippen molar-refractivity contribution in [3.63, 3.8) is 0 Å². The molecule has 1 rings (SSSR count). The smallest absolute Gasteiger partial charge is 0.123 e. The topological polar surface area (TPSA) is 15.3 Å². The van der Waals surface area contributed by atoms with E-state index >= 15 is 0 Å². The van der Waals surface area contributed by atoms with Gasteiger partial charge in [-0.1, -0.05) is 25.6 Å². The molecule has 0 unspecified atom stereocenters. The lowest BCUT2D eigenvalue weighted by Gasteiger charge is -2.18. The van der Waals surface area contributed by atoms with E-state index in [0.717, 1.165) is 38.2 Å². The van der Waals surface area contributed by atoms with Crippen molar-refractivity contribution in [2.45, 2.75) is 19.9 Å². The van der Waals surface area contributed by atoms with Gasteiger partial charge < -0.3 is 5.32 Å². The zero-order valence-electron chi connectivity index (χ0n) is 11.4. The van der Waals surface area contributed by atoms with Gasteiger partial charge in [-0.3, -0.25) is 4.90 Å². The first kappa shape index (κ1) is 14.9. The number of likely N-dealkylation sites (N-methyl/N-ethyl adjacent to an activating group) is 1. The van der Waals surface area contributed by atoms with Crippen molar-refractivity contribution in [2.24, 2.45) is 0 Å². The zero-order chi connectivity index (χ0) is 13.4. The molecule has 0 heterocycles. The molecule has 100 valence electrons. The first-order chi connectivity index (χ1) is 8.61. The third-order valence-corrected chi connectivity index (χ3v) is 2.66. The highest BCUT2D eigenvalue weighted by Crippen LogP contribution is 2.06. The van der Waals surface area contributed by atoms with Crippen molar-refractivity contribution in [3.05, 3.63) is 47.8 Å². The van der Waals surface area contributed by atoms with Crippen LogP contribution < -0.4 is 5.32 Å². The van der Waals surface area contributed by atoms with Crippen LogP contribution in [0, 0.1) is 5.82 Å². The fourth-order valence-corrected chi connectivity index (χ4v) is 1.84. The highest BCUT2D eigenvalue weighted by Gasteiger charge is 2.02. The Labute approximate surface area is 110 Å². The van der Waals surface area contributed by atoms with Crippen LogP contribution in [0.2, 0.25) is 0 Å². The molecule has 1 aromatic rings. The predicted molar refractivity (Wildman–Crippen MR) is 75.0 cm³/mol. The van der Waals surface area contributed by atoms with E-state index in [-0.39, 0.29) is 5.82 Å². The van der Waals surface area contributed by atoms with Gasteiger partial charge in [-0.15, -0.1) is 0 Å². The van der Waals surface area contributed by atoms with Gasteiger partial charge in [0.1, 0.15) is 5.82 Å². The number of nitrogens with zero attached hydrogens (tertiary/aromatic N) is 1. The van der Waals surface area contributed by atoms with Gasteiger partial charge in [0.05, 0.1) is 0 Å².